The molecule has 0 bridgehead atoms. The number of nitrogens with two attached hydrogens (primary N) is 1. The lowest BCUT2D eigenvalue weighted by atomic mass is 9.99. The van der Waals surface area contributed by atoms with Crippen LogP contribution in [0.4, 0.5) is 8.78 Å². The summed E-state index contributed by atoms with van der Waals surface area (Å²) in [5.74, 6) is -2.11. The van der Waals surface area contributed by atoms with E-state index in [1.54, 1.807) is 0 Å². The van der Waals surface area contributed by atoms with Gasteiger partial charge in [-0.15, -0.1) is 24.0 Å². The van der Waals surface area contributed by atoms with E-state index in [2.05, 4.69) is 4.99 Å². The van der Waals surface area contributed by atoms with Gasteiger partial charge in [0.2, 0.25) is 5.92 Å². The third kappa shape index (κ3) is 6.22. The van der Waals surface area contributed by atoms with Crippen molar-refractivity contribution in [2.24, 2.45) is 16.6 Å². The zero-order valence-corrected chi connectivity index (χ0v) is 14.9. The van der Waals surface area contributed by atoms with Gasteiger partial charge in [-0.25, -0.2) is 8.78 Å². The normalized spacial score (nSPS) is 30.4. The number of aliphatic imine (C=N–C) groups is 1. The number of rotatable bonds is 2. The van der Waals surface area contributed by atoms with E-state index in [0.29, 0.717) is 25.5 Å². The Balaban J connectivity index is 0.00000220. The number of halogens is 3. The number of guanidine groups is 1. The van der Waals surface area contributed by atoms with E-state index >= 15 is 0 Å². The SMILES string of the molecule is CC1CN(C(N)=NCC2CCCCC(F)(F)C2)CCO1.I. The van der Waals surface area contributed by atoms with Gasteiger partial charge in [-0.2, -0.15) is 0 Å². The molecule has 0 radical (unpaired) electrons. The minimum atomic E-state index is -2.53. The average Bonchev–Trinajstić information content (AvgIpc) is 2.56. The lowest BCUT2D eigenvalue weighted by Gasteiger charge is -2.32. The Kier molecular flexibility index (Phi) is 7.59. The monoisotopic (exact) mass is 417 g/mol. The molecule has 4 nitrogen and oxygen atoms in total. The van der Waals surface area contributed by atoms with Crippen molar-refractivity contribution in [3.8, 4) is 0 Å². The quantitative estimate of drug-likeness (QED) is 0.326. The topological polar surface area (TPSA) is 50.8 Å². The fraction of sp³-hybridized carbons (Fsp3) is 0.929. The van der Waals surface area contributed by atoms with Crippen LogP contribution in [0.2, 0.25) is 0 Å². The molecule has 1 aliphatic heterocycles. The maximum Gasteiger partial charge on any atom is 0.248 e. The van der Waals surface area contributed by atoms with Crippen LogP contribution in [0.15, 0.2) is 4.99 Å². The molecule has 1 saturated carbocycles. The van der Waals surface area contributed by atoms with Gasteiger partial charge in [-0.1, -0.05) is 6.42 Å². The van der Waals surface area contributed by atoms with Crippen LogP contribution >= 0.6 is 24.0 Å². The standard InChI is InChI=1S/C14H25F2N3O.HI/c1-11-10-19(6-7-20-11)13(17)18-9-12-4-2-3-5-14(15,16)8-12;/h11-12H,2-10H2,1H3,(H2,17,18);1H. The highest BCUT2D eigenvalue weighted by Crippen LogP contribution is 2.35. The van der Waals surface area contributed by atoms with Crippen molar-refractivity contribution in [3.05, 3.63) is 0 Å². The molecule has 0 aromatic rings. The number of hydrogen-bond donors (Lipinski definition) is 1. The second kappa shape index (κ2) is 8.45. The molecule has 1 aliphatic carbocycles. The van der Waals surface area contributed by atoms with Gasteiger partial charge in [0.15, 0.2) is 5.96 Å². The molecule has 0 spiro atoms. The van der Waals surface area contributed by atoms with Gasteiger partial charge in [-0.3, -0.25) is 4.99 Å². The summed E-state index contributed by atoms with van der Waals surface area (Å²) in [4.78, 5) is 6.32. The highest BCUT2D eigenvalue weighted by molar-refractivity contribution is 14.0. The van der Waals surface area contributed by atoms with Crippen LogP contribution in [0.25, 0.3) is 0 Å². The highest BCUT2D eigenvalue weighted by Gasteiger charge is 2.34. The first kappa shape index (κ1) is 18.9. The third-order valence-electron chi connectivity index (χ3n) is 4.07. The van der Waals surface area contributed by atoms with Crippen LogP contribution in [0, 0.1) is 5.92 Å². The van der Waals surface area contributed by atoms with Gasteiger partial charge >= 0.3 is 0 Å². The zero-order valence-electron chi connectivity index (χ0n) is 12.6. The van der Waals surface area contributed by atoms with Crippen LogP contribution in [-0.2, 0) is 4.74 Å². The Bertz CT molecular complexity index is 355. The summed E-state index contributed by atoms with van der Waals surface area (Å²) in [6.45, 7) is 4.48. The van der Waals surface area contributed by atoms with Gasteiger partial charge in [0.05, 0.1) is 12.7 Å². The molecule has 21 heavy (non-hydrogen) atoms. The summed E-state index contributed by atoms with van der Waals surface area (Å²) in [5.41, 5.74) is 5.97. The average molecular weight is 417 g/mol. The number of hydrogen-bond acceptors (Lipinski definition) is 2. The van der Waals surface area contributed by atoms with Crippen LogP contribution in [-0.4, -0.2) is 49.1 Å². The Morgan fingerprint density at radius 1 is 1.43 bits per heavy atom. The maximum atomic E-state index is 13.5. The van der Waals surface area contributed by atoms with Crippen LogP contribution in [0.1, 0.15) is 39.0 Å². The van der Waals surface area contributed by atoms with E-state index in [0.717, 1.165) is 25.9 Å². The molecule has 0 aromatic carbocycles. The summed E-state index contributed by atoms with van der Waals surface area (Å²) < 4.78 is 32.5. The first-order chi connectivity index (χ1) is 9.46. The molecular formula is C14H26F2IN3O. The predicted molar refractivity (Wildman–Crippen MR) is 90.4 cm³/mol. The molecule has 0 aromatic heterocycles. The maximum absolute atomic E-state index is 13.5. The third-order valence-corrected chi connectivity index (χ3v) is 4.07. The van der Waals surface area contributed by atoms with E-state index < -0.39 is 5.92 Å². The molecule has 2 unspecified atom stereocenters. The van der Waals surface area contributed by atoms with Crippen molar-refractivity contribution in [2.45, 2.75) is 51.1 Å². The fourth-order valence-corrected chi connectivity index (χ4v) is 2.95. The van der Waals surface area contributed by atoms with E-state index in [9.17, 15) is 8.78 Å². The molecule has 7 heteroatoms. The Hall–Kier alpha value is -0.180. The number of alkyl halides is 2. The van der Waals surface area contributed by atoms with E-state index in [-0.39, 0.29) is 48.8 Å². The Morgan fingerprint density at radius 2 is 2.19 bits per heavy atom. The molecule has 0 amide bonds. The van der Waals surface area contributed by atoms with Crippen molar-refractivity contribution >= 4 is 29.9 Å². The number of ether oxygens (including phenoxy) is 1. The second-order valence-electron chi connectivity index (χ2n) is 6.00. The summed E-state index contributed by atoms with van der Waals surface area (Å²) >= 11 is 0. The van der Waals surface area contributed by atoms with Crippen molar-refractivity contribution in [3.63, 3.8) is 0 Å². The van der Waals surface area contributed by atoms with Crippen molar-refractivity contribution in [1.29, 1.82) is 0 Å². The second-order valence-corrected chi connectivity index (χ2v) is 6.00. The minimum Gasteiger partial charge on any atom is -0.375 e. The minimum absolute atomic E-state index is 0. The molecule has 2 fully saturated rings. The van der Waals surface area contributed by atoms with Crippen LogP contribution < -0.4 is 5.73 Å². The van der Waals surface area contributed by atoms with Gasteiger partial charge in [0.25, 0.3) is 0 Å². The summed E-state index contributed by atoms with van der Waals surface area (Å²) in [6, 6.07) is 0. The molecule has 2 aliphatic rings. The lowest BCUT2D eigenvalue weighted by molar-refractivity contribution is -0.0241. The zero-order chi connectivity index (χ0) is 14.6. The van der Waals surface area contributed by atoms with E-state index in [4.69, 9.17) is 10.5 Å². The first-order valence-corrected chi connectivity index (χ1v) is 7.50. The molecular weight excluding hydrogens is 391 g/mol. The molecule has 1 saturated heterocycles. The van der Waals surface area contributed by atoms with Crippen molar-refractivity contribution < 1.29 is 13.5 Å². The molecule has 2 atom stereocenters. The summed E-state index contributed by atoms with van der Waals surface area (Å²) in [6.07, 6.45) is 2.41. The molecule has 124 valence electrons. The molecule has 1 heterocycles. The van der Waals surface area contributed by atoms with Crippen LogP contribution in [0.3, 0.4) is 0 Å². The van der Waals surface area contributed by atoms with Gasteiger partial charge in [-0.05, 0) is 25.7 Å². The van der Waals surface area contributed by atoms with Gasteiger partial charge in [0.1, 0.15) is 0 Å². The van der Waals surface area contributed by atoms with E-state index in [1.165, 1.54) is 0 Å². The van der Waals surface area contributed by atoms with E-state index in [1.807, 2.05) is 11.8 Å². The Morgan fingerprint density at radius 3 is 2.90 bits per heavy atom. The molecule has 2 N–H and O–H groups in total. The number of morpholine rings is 1. The van der Waals surface area contributed by atoms with Crippen LogP contribution in [0.5, 0.6) is 0 Å². The highest BCUT2D eigenvalue weighted by atomic mass is 127. The van der Waals surface area contributed by atoms with Gasteiger partial charge in [0, 0.05) is 32.5 Å². The van der Waals surface area contributed by atoms with Crippen molar-refractivity contribution in [1.82, 2.24) is 4.90 Å². The lowest BCUT2D eigenvalue weighted by Crippen LogP contribution is -2.48. The smallest absolute Gasteiger partial charge is 0.248 e. The predicted octanol–water partition coefficient (Wildman–Crippen LogP) is 2.86. The van der Waals surface area contributed by atoms with Gasteiger partial charge < -0.3 is 15.4 Å². The first-order valence-electron chi connectivity index (χ1n) is 7.50. The van der Waals surface area contributed by atoms with Crippen molar-refractivity contribution in [2.75, 3.05) is 26.2 Å². The fourth-order valence-electron chi connectivity index (χ4n) is 2.95. The summed E-state index contributed by atoms with van der Waals surface area (Å²) in [7, 11) is 0. The molecule has 2 rings (SSSR count). The number of nitrogens with zero attached hydrogens (tertiary/aromatic N) is 2. The largest absolute Gasteiger partial charge is 0.375 e. The summed E-state index contributed by atoms with van der Waals surface area (Å²) in [5, 5.41) is 0. The Labute approximate surface area is 142 Å².